The molecule has 17 heavy (non-hydrogen) atoms. The number of hydrogen-bond acceptors (Lipinski definition) is 3. The average molecular weight is 268 g/mol. The first-order valence-electron chi connectivity index (χ1n) is 4.24. The van der Waals surface area contributed by atoms with Crippen molar-refractivity contribution in [3.8, 4) is 0 Å². The second-order valence-electron chi connectivity index (χ2n) is 3.14. The SMILES string of the molecule is O=C(Cc1ccc([N+](=O)[O-])c(Cl)c1)C(F)(F)F. The molecule has 1 aromatic carbocycles. The van der Waals surface area contributed by atoms with Crippen LogP contribution >= 0.6 is 11.6 Å². The van der Waals surface area contributed by atoms with E-state index in [2.05, 4.69) is 0 Å². The minimum absolute atomic E-state index is 0.0251. The Kier molecular flexibility index (Phi) is 3.72. The van der Waals surface area contributed by atoms with Crippen molar-refractivity contribution in [2.45, 2.75) is 12.6 Å². The number of hydrogen-bond donors (Lipinski definition) is 0. The number of rotatable bonds is 3. The van der Waals surface area contributed by atoms with Crippen LogP contribution in [0.3, 0.4) is 0 Å². The van der Waals surface area contributed by atoms with Crippen LogP contribution in [-0.2, 0) is 11.2 Å². The number of nitro groups is 1. The third kappa shape index (κ3) is 3.42. The summed E-state index contributed by atoms with van der Waals surface area (Å²) in [5.41, 5.74) is -0.446. The van der Waals surface area contributed by atoms with Gasteiger partial charge in [-0.25, -0.2) is 0 Å². The van der Waals surface area contributed by atoms with Gasteiger partial charge in [-0.15, -0.1) is 0 Å². The maximum atomic E-state index is 12.0. The fourth-order valence-corrected chi connectivity index (χ4v) is 1.37. The molecular weight excluding hydrogens is 263 g/mol. The topological polar surface area (TPSA) is 60.2 Å². The van der Waals surface area contributed by atoms with Crippen LogP contribution in [0.15, 0.2) is 18.2 Å². The molecule has 0 spiro atoms. The van der Waals surface area contributed by atoms with Gasteiger partial charge in [0.25, 0.3) is 5.69 Å². The molecule has 1 aromatic rings. The van der Waals surface area contributed by atoms with E-state index in [1.807, 2.05) is 0 Å². The molecule has 0 saturated heterocycles. The largest absolute Gasteiger partial charge is 0.450 e. The molecule has 0 N–H and O–H groups in total. The number of carbonyl (C=O) groups excluding carboxylic acids is 1. The van der Waals surface area contributed by atoms with E-state index in [0.717, 1.165) is 18.2 Å². The summed E-state index contributed by atoms with van der Waals surface area (Å²) < 4.78 is 35.9. The molecule has 4 nitrogen and oxygen atoms in total. The summed E-state index contributed by atoms with van der Waals surface area (Å²) >= 11 is 5.49. The first-order chi connectivity index (χ1) is 7.71. The maximum Gasteiger partial charge on any atom is 0.450 e. The van der Waals surface area contributed by atoms with Crippen LogP contribution in [0.2, 0.25) is 5.02 Å². The van der Waals surface area contributed by atoms with Crippen LogP contribution in [0.5, 0.6) is 0 Å². The van der Waals surface area contributed by atoms with Crippen molar-refractivity contribution in [3.05, 3.63) is 38.9 Å². The van der Waals surface area contributed by atoms with Gasteiger partial charge in [-0.2, -0.15) is 13.2 Å². The van der Waals surface area contributed by atoms with Gasteiger partial charge >= 0.3 is 6.18 Å². The highest BCUT2D eigenvalue weighted by Crippen LogP contribution is 2.26. The predicted molar refractivity (Wildman–Crippen MR) is 52.9 cm³/mol. The van der Waals surface area contributed by atoms with Gasteiger partial charge < -0.3 is 0 Å². The summed E-state index contributed by atoms with van der Waals surface area (Å²) in [5.74, 6) is -1.93. The van der Waals surface area contributed by atoms with Gasteiger partial charge in [0.1, 0.15) is 5.02 Å². The molecule has 92 valence electrons. The van der Waals surface area contributed by atoms with Gasteiger partial charge in [-0.3, -0.25) is 14.9 Å². The number of carbonyl (C=O) groups is 1. The first kappa shape index (κ1) is 13.4. The molecule has 0 aliphatic rings. The third-order valence-electron chi connectivity index (χ3n) is 1.89. The number of halogens is 4. The van der Waals surface area contributed by atoms with Crippen molar-refractivity contribution in [2.24, 2.45) is 0 Å². The predicted octanol–water partition coefficient (Wildman–Crippen LogP) is 2.92. The molecule has 0 aromatic heterocycles. The number of nitro benzene ring substituents is 1. The minimum Gasteiger partial charge on any atom is -0.289 e. The standard InChI is InChI=1S/C9H5ClF3NO3/c10-6-3-5(1-2-7(6)14(16)17)4-8(15)9(11,12)13/h1-3H,4H2. The summed E-state index contributed by atoms with van der Waals surface area (Å²) in [6, 6.07) is 3.00. The number of ketones is 1. The average Bonchev–Trinajstić information content (AvgIpc) is 2.15. The summed E-state index contributed by atoms with van der Waals surface area (Å²) in [4.78, 5) is 20.3. The normalized spacial score (nSPS) is 11.3. The molecule has 0 amide bonds. The zero-order valence-corrected chi connectivity index (χ0v) is 8.88. The summed E-state index contributed by atoms with van der Waals surface area (Å²) in [6.45, 7) is 0. The quantitative estimate of drug-likeness (QED) is 0.625. The molecule has 0 aliphatic carbocycles. The van der Waals surface area contributed by atoms with Gasteiger partial charge in [0.2, 0.25) is 5.78 Å². The van der Waals surface area contributed by atoms with Crippen molar-refractivity contribution < 1.29 is 22.9 Å². The molecular formula is C9H5ClF3NO3. The second kappa shape index (κ2) is 4.70. The molecule has 0 aliphatic heterocycles. The van der Waals surface area contributed by atoms with Gasteiger partial charge in [-0.05, 0) is 11.6 Å². The Labute approximate surface area is 98.1 Å². The highest BCUT2D eigenvalue weighted by molar-refractivity contribution is 6.32. The lowest BCUT2D eigenvalue weighted by Crippen LogP contribution is -2.24. The molecule has 0 atom stereocenters. The summed E-state index contributed by atoms with van der Waals surface area (Å²) in [5, 5.41) is 10.1. The lowest BCUT2D eigenvalue weighted by atomic mass is 10.1. The van der Waals surface area contributed by atoms with Crippen molar-refractivity contribution in [2.75, 3.05) is 0 Å². The fraction of sp³-hybridized carbons (Fsp3) is 0.222. The number of Topliss-reactive ketones (excluding diaryl/α,β-unsaturated/α-hetero) is 1. The third-order valence-corrected chi connectivity index (χ3v) is 2.19. The van der Waals surface area contributed by atoms with Crippen molar-refractivity contribution in [3.63, 3.8) is 0 Å². The fourth-order valence-electron chi connectivity index (χ4n) is 1.09. The molecule has 0 saturated carbocycles. The molecule has 0 fully saturated rings. The van der Waals surface area contributed by atoms with Crippen LogP contribution in [0.4, 0.5) is 18.9 Å². The highest BCUT2D eigenvalue weighted by atomic mass is 35.5. The van der Waals surface area contributed by atoms with Crippen LogP contribution < -0.4 is 0 Å². The molecule has 0 radical (unpaired) electrons. The van der Waals surface area contributed by atoms with E-state index in [-0.39, 0.29) is 10.6 Å². The second-order valence-corrected chi connectivity index (χ2v) is 3.55. The van der Waals surface area contributed by atoms with Gasteiger partial charge in [0.15, 0.2) is 0 Å². The molecule has 0 unspecified atom stereocenters. The van der Waals surface area contributed by atoms with E-state index in [9.17, 15) is 28.1 Å². The molecule has 0 heterocycles. The lowest BCUT2D eigenvalue weighted by Gasteiger charge is -2.05. The van der Waals surface area contributed by atoms with E-state index in [4.69, 9.17) is 11.6 Å². The highest BCUT2D eigenvalue weighted by Gasteiger charge is 2.37. The first-order valence-corrected chi connectivity index (χ1v) is 4.62. The Morgan fingerprint density at radius 3 is 2.41 bits per heavy atom. The Morgan fingerprint density at radius 1 is 1.41 bits per heavy atom. The van der Waals surface area contributed by atoms with E-state index in [1.54, 1.807) is 0 Å². The Balaban J connectivity index is 2.92. The van der Waals surface area contributed by atoms with Gasteiger partial charge in [-0.1, -0.05) is 17.7 Å². The summed E-state index contributed by atoms with van der Waals surface area (Å²) in [7, 11) is 0. The minimum atomic E-state index is -4.92. The Hall–Kier alpha value is -1.63. The number of alkyl halides is 3. The van der Waals surface area contributed by atoms with E-state index < -0.39 is 29.0 Å². The van der Waals surface area contributed by atoms with Gasteiger partial charge in [0.05, 0.1) is 4.92 Å². The molecule has 1 rings (SSSR count). The van der Waals surface area contributed by atoms with Crippen LogP contribution in [-0.4, -0.2) is 16.9 Å². The zero-order chi connectivity index (χ0) is 13.2. The monoisotopic (exact) mass is 267 g/mol. The van der Waals surface area contributed by atoms with Gasteiger partial charge in [0, 0.05) is 12.5 Å². The van der Waals surface area contributed by atoms with Crippen molar-refractivity contribution in [1.82, 2.24) is 0 Å². The lowest BCUT2D eigenvalue weighted by molar-refractivity contribution is -0.384. The van der Waals surface area contributed by atoms with Crippen molar-refractivity contribution in [1.29, 1.82) is 0 Å². The summed E-state index contributed by atoms with van der Waals surface area (Å²) in [6.07, 6.45) is -5.81. The van der Waals surface area contributed by atoms with Crippen LogP contribution in [0.1, 0.15) is 5.56 Å². The van der Waals surface area contributed by atoms with E-state index >= 15 is 0 Å². The van der Waals surface area contributed by atoms with Crippen molar-refractivity contribution >= 4 is 23.1 Å². The molecule has 8 heteroatoms. The van der Waals surface area contributed by atoms with E-state index in [1.165, 1.54) is 0 Å². The number of benzene rings is 1. The van der Waals surface area contributed by atoms with Crippen LogP contribution in [0, 0.1) is 10.1 Å². The number of nitrogens with zero attached hydrogens (tertiary/aromatic N) is 1. The smallest absolute Gasteiger partial charge is 0.289 e. The molecule has 0 bridgehead atoms. The zero-order valence-electron chi connectivity index (χ0n) is 8.12. The Bertz CT molecular complexity index is 473. The Morgan fingerprint density at radius 2 is 2.00 bits per heavy atom. The van der Waals surface area contributed by atoms with Crippen LogP contribution in [0.25, 0.3) is 0 Å². The van der Waals surface area contributed by atoms with E-state index in [0.29, 0.717) is 0 Å². The maximum absolute atomic E-state index is 12.0.